The Labute approximate surface area is 158 Å². The third-order valence-electron chi connectivity index (χ3n) is 5.86. The minimum atomic E-state index is 0.436. The molecular weight excluding hydrogens is 319 g/mol. The molecular formula is C25H31F. The topological polar surface area (TPSA) is 0 Å². The summed E-state index contributed by atoms with van der Waals surface area (Å²) in [5, 5.41) is 0. The van der Waals surface area contributed by atoms with Gasteiger partial charge in [-0.25, -0.2) is 4.39 Å². The van der Waals surface area contributed by atoms with Crippen molar-refractivity contribution in [2.45, 2.75) is 64.2 Å². The van der Waals surface area contributed by atoms with Crippen molar-refractivity contribution in [3.63, 3.8) is 0 Å². The highest BCUT2D eigenvalue weighted by atomic mass is 19.1. The molecule has 0 bridgehead atoms. The van der Waals surface area contributed by atoms with Crippen molar-refractivity contribution in [2.24, 2.45) is 5.92 Å². The number of unbranched alkanes of at least 4 members (excludes halogenated alkanes) is 2. The second kappa shape index (κ2) is 9.71. The lowest BCUT2D eigenvalue weighted by Crippen LogP contribution is -2.11. The number of hydrogen-bond acceptors (Lipinski definition) is 0. The summed E-state index contributed by atoms with van der Waals surface area (Å²) < 4.78 is 12.3. The first-order chi connectivity index (χ1) is 12.8. The molecule has 2 aromatic rings. The fourth-order valence-corrected chi connectivity index (χ4v) is 4.14. The van der Waals surface area contributed by atoms with E-state index in [0.717, 1.165) is 19.2 Å². The van der Waals surface area contributed by atoms with Crippen LogP contribution in [0.2, 0.25) is 0 Å². The molecule has 26 heavy (non-hydrogen) atoms. The van der Waals surface area contributed by atoms with Crippen LogP contribution in [0, 0.1) is 5.92 Å². The first-order valence-electron chi connectivity index (χ1n) is 10.3. The fraction of sp³-hybridized carbons (Fsp3) is 0.440. The molecule has 0 aliphatic heterocycles. The van der Waals surface area contributed by atoms with Gasteiger partial charge in [0.2, 0.25) is 0 Å². The highest BCUT2D eigenvalue weighted by Crippen LogP contribution is 2.37. The normalized spacial score (nSPS) is 20.5. The molecule has 0 unspecified atom stereocenters. The summed E-state index contributed by atoms with van der Waals surface area (Å²) in [5.74, 6) is 1.07. The van der Waals surface area contributed by atoms with Gasteiger partial charge in [-0.05, 0) is 72.6 Å². The van der Waals surface area contributed by atoms with Crippen LogP contribution in [-0.2, 0) is 6.42 Å². The van der Waals surface area contributed by atoms with Crippen LogP contribution in [0.15, 0.2) is 60.9 Å². The Bertz CT molecular complexity index is 673. The van der Waals surface area contributed by atoms with Gasteiger partial charge >= 0.3 is 0 Å². The molecule has 0 aromatic heterocycles. The van der Waals surface area contributed by atoms with E-state index in [1.54, 1.807) is 6.08 Å². The maximum absolute atomic E-state index is 12.3. The summed E-state index contributed by atoms with van der Waals surface area (Å²) >= 11 is 0. The molecule has 2 aromatic carbocycles. The summed E-state index contributed by atoms with van der Waals surface area (Å²) in [7, 11) is 0. The maximum atomic E-state index is 12.3. The molecule has 0 amide bonds. The van der Waals surface area contributed by atoms with Gasteiger partial charge in [0.15, 0.2) is 0 Å². The first kappa shape index (κ1) is 18.9. The van der Waals surface area contributed by atoms with Gasteiger partial charge in [0.1, 0.15) is 0 Å². The minimum absolute atomic E-state index is 0.436. The van der Waals surface area contributed by atoms with E-state index < -0.39 is 0 Å². The van der Waals surface area contributed by atoms with Crippen molar-refractivity contribution < 1.29 is 4.39 Å². The largest absolute Gasteiger partial charge is 0.216 e. The van der Waals surface area contributed by atoms with E-state index in [-0.39, 0.29) is 0 Å². The van der Waals surface area contributed by atoms with E-state index in [1.165, 1.54) is 60.8 Å². The monoisotopic (exact) mass is 350 g/mol. The van der Waals surface area contributed by atoms with Gasteiger partial charge in [-0.1, -0.05) is 74.4 Å². The van der Waals surface area contributed by atoms with Crippen LogP contribution in [0.1, 0.15) is 68.9 Å². The second-order valence-corrected chi connectivity index (χ2v) is 7.71. The van der Waals surface area contributed by atoms with Gasteiger partial charge < -0.3 is 0 Å². The first-order valence-corrected chi connectivity index (χ1v) is 10.3. The number of allylic oxidation sites excluding steroid dienone is 1. The van der Waals surface area contributed by atoms with E-state index in [9.17, 15) is 4.39 Å². The number of benzene rings is 2. The van der Waals surface area contributed by atoms with Gasteiger partial charge in [-0.3, -0.25) is 0 Å². The van der Waals surface area contributed by atoms with Crippen LogP contribution >= 0.6 is 0 Å². The van der Waals surface area contributed by atoms with Gasteiger partial charge in [-0.15, -0.1) is 0 Å². The van der Waals surface area contributed by atoms with Gasteiger partial charge in [0, 0.05) is 0 Å². The zero-order valence-electron chi connectivity index (χ0n) is 16.0. The average molecular weight is 351 g/mol. The molecule has 0 atom stereocenters. The van der Waals surface area contributed by atoms with Crippen molar-refractivity contribution in [1.29, 1.82) is 0 Å². The van der Waals surface area contributed by atoms with E-state index in [0.29, 0.717) is 11.8 Å². The smallest absolute Gasteiger partial charge is 0.0829 e. The summed E-state index contributed by atoms with van der Waals surface area (Å²) in [6, 6.07) is 18.2. The van der Waals surface area contributed by atoms with Gasteiger partial charge in [-0.2, -0.15) is 0 Å². The van der Waals surface area contributed by atoms with Gasteiger partial charge in [0.05, 0.1) is 6.33 Å². The highest BCUT2D eigenvalue weighted by molar-refractivity contribution is 5.64. The zero-order chi connectivity index (χ0) is 18.2. The molecule has 0 saturated heterocycles. The van der Waals surface area contributed by atoms with Crippen molar-refractivity contribution in [3.05, 3.63) is 72.1 Å². The summed E-state index contributed by atoms with van der Waals surface area (Å²) in [6.07, 6.45) is 12.1. The van der Waals surface area contributed by atoms with E-state index >= 15 is 0 Å². The Balaban J connectivity index is 1.59. The predicted octanol–water partition coefficient (Wildman–Crippen LogP) is 7.84. The molecule has 1 aliphatic rings. The Kier molecular flexibility index (Phi) is 7.05. The standard InChI is InChI=1S/C25H31F/c1-2-3-4-5-20-6-10-22(11-7-20)24-14-16-25(17-15-24)23-12-8-21(9-13-23)18-19-26/h6-7,10-11,14-19,21,23H,2-5,8-9,12-13H2,1H3/b19-18+. The Morgan fingerprint density at radius 2 is 1.46 bits per heavy atom. The number of aryl methyl sites for hydroxylation is 1. The van der Waals surface area contributed by atoms with Crippen molar-refractivity contribution >= 4 is 0 Å². The van der Waals surface area contributed by atoms with Crippen LogP contribution in [-0.4, -0.2) is 0 Å². The molecule has 1 heteroatoms. The average Bonchev–Trinajstić information content (AvgIpc) is 2.70. The molecule has 0 nitrogen and oxygen atoms in total. The molecule has 138 valence electrons. The molecule has 1 saturated carbocycles. The molecule has 1 aliphatic carbocycles. The Hall–Kier alpha value is -1.89. The van der Waals surface area contributed by atoms with Crippen LogP contribution in [0.25, 0.3) is 11.1 Å². The van der Waals surface area contributed by atoms with Crippen LogP contribution in [0.3, 0.4) is 0 Å². The lowest BCUT2D eigenvalue weighted by molar-refractivity contribution is 0.373. The summed E-state index contributed by atoms with van der Waals surface area (Å²) in [6.45, 7) is 2.25. The van der Waals surface area contributed by atoms with Gasteiger partial charge in [0.25, 0.3) is 0 Å². The lowest BCUT2D eigenvalue weighted by Gasteiger charge is -2.27. The van der Waals surface area contributed by atoms with Crippen molar-refractivity contribution in [1.82, 2.24) is 0 Å². The van der Waals surface area contributed by atoms with E-state index in [2.05, 4.69) is 55.5 Å². The van der Waals surface area contributed by atoms with Crippen LogP contribution in [0.5, 0.6) is 0 Å². The maximum Gasteiger partial charge on any atom is 0.0829 e. The lowest BCUT2D eigenvalue weighted by atomic mass is 9.78. The van der Waals surface area contributed by atoms with Crippen LogP contribution in [0.4, 0.5) is 4.39 Å². The van der Waals surface area contributed by atoms with Crippen molar-refractivity contribution in [2.75, 3.05) is 0 Å². The third-order valence-corrected chi connectivity index (χ3v) is 5.86. The Morgan fingerprint density at radius 1 is 0.846 bits per heavy atom. The second-order valence-electron chi connectivity index (χ2n) is 7.71. The summed E-state index contributed by atoms with van der Waals surface area (Å²) in [4.78, 5) is 0. The quantitative estimate of drug-likeness (QED) is 0.446. The fourth-order valence-electron chi connectivity index (χ4n) is 4.14. The van der Waals surface area contributed by atoms with E-state index in [1.807, 2.05) is 0 Å². The number of hydrogen-bond donors (Lipinski definition) is 0. The molecule has 0 heterocycles. The Morgan fingerprint density at radius 3 is 2.04 bits per heavy atom. The highest BCUT2D eigenvalue weighted by Gasteiger charge is 2.20. The predicted molar refractivity (Wildman–Crippen MR) is 110 cm³/mol. The SMILES string of the molecule is CCCCCc1ccc(-c2ccc(C3CCC(/C=C/F)CC3)cc2)cc1. The number of halogens is 1. The zero-order valence-corrected chi connectivity index (χ0v) is 16.0. The molecule has 3 rings (SSSR count). The van der Waals surface area contributed by atoms with E-state index in [4.69, 9.17) is 0 Å². The molecule has 0 radical (unpaired) electrons. The number of rotatable bonds is 7. The van der Waals surface area contributed by atoms with Crippen molar-refractivity contribution in [3.8, 4) is 11.1 Å². The summed E-state index contributed by atoms with van der Waals surface area (Å²) in [5.41, 5.74) is 5.47. The third kappa shape index (κ3) is 5.06. The molecule has 0 N–H and O–H groups in total. The molecule has 0 spiro atoms. The minimum Gasteiger partial charge on any atom is -0.216 e. The van der Waals surface area contributed by atoms with Crippen LogP contribution < -0.4 is 0 Å². The molecule has 1 fully saturated rings.